The zero-order valence-electron chi connectivity index (χ0n) is 18.3. The molecule has 0 aliphatic carbocycles. The zero-order chi connectivity index (χ0) is 20.8. The second-order valence-corrected chi connectivity index (χ2v) is 7.55. The van der Waals surface area contributed by atoms with E-state index in [4.69, 9.17) is 0 Å². The predicted octanol–water partition coefficient (Wildman–Crippen LogP) is 3.35. The summed E-state index contributed by atoms with van der Waals surface area (Å²) in [5, 5.41) is 0. The molecule has 0 unspecified atom stereocenters. The van der Waals surface area contributed by atoms with Gasteiger partial charge in [-0.1, -0.05) is 11.8 Å². The summed E-state index contributed by atoms with van der Waals surface area (Å²) < 4.78 is 0. The SMILES string of the molecule is CN(C)c1cc(C#CC#Cc2cc(N(C)C)cc(N(C)C)c2)cc(N(C)C)c1. The summed E-state index contributed by atoms with van der Waals surface area (Å²) in [6.45, 7) is 0. The van der Waals surface area contributed by atoms with Crippen LogP contribution in [-0.4, -0.2) is 56.4 Å². The Kier molecular flexibility index (Phi) is 6.85. The largest absolute Gasteiger partial charge is 0.378 e. The number of hydrogen-bond acceptors (Lipinski definition) is 4. The Labute approximate surface area is 170 Å². The lowest BCUT2D eigenvalue weighted by Gasteiger charge is -2.18. The van der Waals surface area contributed by atoms with Gasteiger partial charge >= 0.3 is 0 Å². The number of rotatable bonds is 4. The lowest BCUT2D eigenvalue weighted by molar-refractivity contribution is 1.10. The molecule has 0 aliphatic heterocycles. The van der Waals surface area contributed by atoms with E-state index in [0.717, 1.165) is 33.9 Å². The van der Waals surface area contributed by atoms with Gasteiger partial charge in [0.25, 0.3) is 0 Å². The van der Waals surface area contributed by atoms with Gasteiger partial charge in [-0.25, -0.2) is 0 Å². The van der Waals surface area contributed by atoms with E-state index in [0.29, 0.717) is 0 Å². The minimum absolute atomic E-state index is 0.959. The molecule has 0 saturated heterocycles. The van der Waals surface area contributed by atoms with Crippen LogP contribution in [0.5, 0.6) is 0 Å². The van der Waals surface area contributed by atoms with Crippen LogP contribution in [0.3, 0.4) is 0 Å². The third-order valence-corrected chi connectivity index (χ3v) is 4.35. The van der Waals surface area contributed by atoms with Crippen LogP contribution in [0.4, 0.5) is 22.7 Å². The van der Waals surface area contributed by atoms with Crippen LogP contribution >= 0.6 is 0 Å². The highest BCUT2D eigenvalue weighted by molar-refractivity contribution is 5.65. The lowest BCUT2D eigenvalue weighted by Crippen LogP contribution is -2.13. The molecule has 2 aromatic carbocycles. The second-order valence-electron chi connectivity index (χ2n) is 7.55. The van der Waals surface area contributed by atoms with Crippen LogP contribution in [0.2, 0.25) is 0 Å². The van der Waals surface area contributed by atoms with Crippen molar-refractivity contribution >= 4 is 22.7 Å². The number of nitrogens with zero attached hydrogens (tertiary/aromatic N) is 4. The molecular weight excluding hydrogens is 344 g/mol. The first-order valence-electron chi connectivity index (χ1n) is 9.19. The Hall–Kier alpha value is -3.24. The van der Waals surface area contributed by atoms with Gasteiger partial charge in [0.1, 0.15) is 0 Å². The molecule has 0 fully saturated rings. The molecule has 0 aromatic heterocycles. The molecule has 0 bridgehead atoms. The van der Waals surface area contributed by atoms with Crippen LogP contribution in [0.15, 0.2) is 36.4 Å². The molecule has 146 valence electrons. The predicted molar refractivity (Wildman–Crippen MR) is 124 cm³/mol. The smallest absolute Gasteiger partial charge is 0.0394 e. The molecule has 0 saturated carbocycles. The summed E-state index contributed by atoms with van der Waals surface area (Å²) in [7, 11) is 16.3. The van der Waals surface area contributed by atoms with E-state index >= 15 is 0 Å². The molecule has 0 amide bonds. The van der Waals surface area contributed by atoms with Crippen molar-refractivity contribution < 1.29 is 0 Å². The van der Waals surface area contributed by atoms with Crippen LogP contribution < -0.4 is 19.6 Å². The van der Waals surface area contributed by atoms with E-state index in [-0.39, 0.29) is 0 Å². The Balaban J connectivity index is 2.35. The summed E-state index contributed by atoms with van der Waals surface area (Å²) in [6, 6.07) is 12.6. The van der Waals surface area contributed by atoms with Gasteiger partial charge in [-0.15, -0.1) is 0 Å². The molecule has 2 aromatic rings. The van der Waals surface area contributed by atoms with E-state index in [1.807, 2.05) is 56.4 Å². The Morgan fingerprint density at radius 3 is 0.893 bits per heavy atom. The number of benzene rings is 2. The van der Waals surface area contributed by atoms with Gasteiger partial charge < -0.3 is 19.6 Å². The van der Waals surface area contributed by atoms with Gasteiger partial charge in [0.05, 0.1) is 0 Å². The summed E-state index contributed by atoms with van der Waals surface area (Å²) in [5.74, 6) is 12.4. The van der Waals surface area contributed by atoms with Crippen molar-refractivity contribution in [2.45, 2.75) is 0 Å². The molecule has 0 spiro atoms. The summed E-state index contributed by atoms with van der Waals surface area (Å²) in [4.78, 5) is 8.33. The van der Waals surface area contributed by atoms with Crippen LogP contribution in [0.25, 0.3) is 0 Å². The van der Waals surface area contributed by atoms with Gasteiger partial charge in [-0.05, 0) is 48.2 Å². The number of anilines is 4. The van der Waals surface area contributed by atoms with E-state index in [1.165, 1.54) is 0 Å². The quantitative estimate of drug-likeness (QED) is 0.761. The Morgan fingerprint density at radius 2 is 0.679 bits per heavy atom. The summed E-state index contributed by atoms with van der Waals surface area (Å²) in [5.41, 5.74) is 6.41. The third-order valence-electron chi connectivity index (χ3n) is 4.35. The van der Waals surface area contributed by atoms with Crippen LogP contribution in [-0.2, 0) is 0 Å². The first-order chi connectivity index (χ1) is 13.2. The highest BCUT2D eigenvalue weighted by atomic mass is 15.1. The highest BCUT2D eigenvalue weighted by Crippen LogP contribution is 2.23. The second kappa shape index (κ2) is 9.11. The van der Waals surface area contributed by atoms with E-state index in [9.17, 15) is 0 Å². The van der Waals surface area contributed by atoms with Gasteiger partial charge in [0.15, 0.2) is 0 Å². The molecule has 28 heavy (non-hydrogen) atoms. The normalized spacial score (nSPS) is 9.57. The maximum absolute atomic E-state index is 3.18. The molecule has 0 heterocycles. The molecule has 0 atom stereocenters. The maximum Gasteiger partial charge on any atom is 0.0394 e. The van der Waals surface area contributed by atoms with Crippen molar-refractivity contribution in [2.24, 2.45) is 0 Å². The van der Waals surface area contributed by atoms with Gasteiger partial charge in [0, 0.05) is 90.3 Å². The third kappa shape index (κ3) is 5.63. The fourth-order valence-corrected chi connectivity index (χ4v) is 2.57. The minimum atomic E-state index is 0.959. The topological polar surface area (TPSA) is 13.0 Å². The fraction of sp³-hybridized carbons (Fsp3) is 0.333. The van der Waals surface area contributed by atoms with Gasteiger partial charge in [-0.2, -0.15) is 0 Å². The molecular formula is C24H30N4. The van der Waals surface area contributed by atoms with E-state index in [2.05, 4.69) is 79.7 Å². The Bertz CT molecular complexity index is 816. The highest BCUT2D eigenvalue weighted by Gasteiger charge is 2.04. The first kappa shape index (κ1) is 21.1. The standard InChI is InChI=1S/C24H30N4/c1-25(2)21-13-19(14-22(17-21)26(3)4)11-9-10-12-20-15-23(27(5)6)18-24(16-20)28(7)8/h13-18H,1-8H3. The molecule has 0 radical (unpaired) electrons. The Morgan fingerprint density at radius 1 is 0.429 bits per heavy atom. The van der Waals surface area contributed by atoms with Crippen molar-refractivity contribution in [3.63, 3.8) is 0 Å². The molecule has 0 N–H and O–H groups in total. The molecule has 4 heteroatoms. The van der Waals surface area contributed by atoms with E-state index in [1.54, 1.807) is 0 Å². The average molecular weight is 375 g/mol. The minimum Gasteiger partial charge on any atom is -0.378 e. The van der Waals surface area contributed by atoms with Crippen LogP contribution in [0.1, 0.15) is 11.1 Å². The van der Waals surface area contributed by atoms with Crippen molar-refractivity contribution in [1.82, 2.24) is 0 Å². The molecule has 0 aliphatic rings. The first-order valence-corrected chi connectivity index (χ1v) is 9.19. The summed E-state index contributed by atoms with van der Waals surface area (Å²) >= 11 is 0. The monoisotopic (exact) mass is 374 g/mol. The average Bonchev–Trinajstić information content (AvgIpc) is 2.64. The van der Waals surface area contributed by atoms with Crippen LogP contribution in [0, 0.1) is 23.7 Å². The number of hydrogen-bond donors (Lipinski definition) is 0. The molecule has 4 nitrogen and oxygen atoms in total. The fourth-order valence-electron chi connectivity index (χ4n) is 2.57. The van der Waals surface area contributed by atoms with Gasteiger partial charge in [0.2, 0.25) is 0 Å². The van der Waals surface area contributed by atoms with Gasteiger partial charge in [-0.3, -0.25) is 0 Å². The van der Waals surface area contributed by atoms with Crippen molar-refractivity contribution in [1.29, 1.82) is 0 Å². The van der Waals surface area contributed by atoms with Crippen molar-refractivity contribution in [3.05, 3.63) is 47.5 Å². The summed E-state index contributed by atoms with van der Waals surface area (Å²) in [6.07, 6.45) is 0. The van der Waals surface area contributed by atoms with E-state index < -0.39 is 0 Å². The van der Waals surface area contributed by atoms with Crippen molar-refractivity contribution in [2.75, 3.05) is 76.0 Å². The maximum atomic E-state index is 3.18. The zero-order valence-corrected chi connectivity index (χ0v) is 18.3. The lowest BCUT2D eigenvalue weighted by atomic mass is 10.1. The molecule has 2 rings (SSSR count). The van der Waals surface area contributed by atoms with Crippen molar-refractivity contribution in [3.8, 4) is 23.7 Å².